The zero-order chi connectivity index (χ0) is 15.1. The van der Waals surface area contributed by atoms with Crippen molar-refractivity contribution in [1.29, 1.82) is 5.26 Å². The molecule has 0 radical (unpaired) electrons. The summed E-state index contributed by atoms with van der Waals surface area (Å²) in [6, 6.07) is 3.36. The van der Waals surface area contributed by atoms with Gasteiger partial charge >= 0.3 is 7.12 Å². The van der Waals surface area contributed by atoms with Gasteiger partial charge in [-0.25, -0.2) is 0 Å². The molecule has 1 saturated heterocycles. The third-order valence-corrected chi connectivity index (χ3v) is 3.81. The van der Waals surface area contributed by atoms with E-state index in [1.54, 1.807) is 0 Å². The van der Waals surface area contributed by atoms with Gasteiger partial charge in [-0.3, -0.25) is 9.78 Å². The van der Waals surface area contributed by atoms with Gasteiger partial charge in [-0.05, 0) is 33.8 Å². The SMILES string of the molecule is CC1(C)OB(c2cnc(C(N)=O)cc2C#N)OC1(C)C. The Morgan fingerprint density at radius 3 is 2.35 bits per heavy atom. The van der Waals surface area contributed by atoms with E-state index in [9.17, 15) is 10.1 Å². The molecule has 2 N–H and O–H groups in total. The lowest BCUT2D eigenvalue weighted by Crippen LogP contribution is -2.41. The number of nitrogens with two attached hydrogens (primary N) is 1. The maximum atomic E-state index is 11.1. The molecule has 0 saturated carbocycles. The fourth-order valence-corrected chi connectivity index (χ4v) is 1.86. The lowest BCUT2D eigenvalue weighted by atomic mass is 9.77. The minimum atomic E-state index is -0.691. The van der Waals surface area contributed by atoms with E-state index >= 15 is 0 Å². The molecule has 0 spiro atoms. The van der Waals surface area contributed by atoms with Crippen LogP contribution in [0, 0.1) is 11.3 Å². The first-order valence-electron chi connectivity index (χ1n) is 6.23. The van der Waals surface area contributed by atoms with Crippen LogP contribution >= 0.6 is 0 Å². The fraction of sp³-hybridized carbons (Fsp3) is 0.462. The zero-order valence-corrected chi connectivity index (χ0v) is 11.9. The maximum absolute atomic E-state index is 11.1. The van der Waals surface area contributed by atoms with Crippen molar-refractivity contribution in [2.45, 2.75) is 38.9 Å². The zero-order valence-electron chi connectivity index (χ0n) is 11.9. The highest BCUT2D eigenvalue weighted by Gasteiger charge is 2.52. The molecule has 1 fully saturated rings. The number of nitrogens with zero attached hydrogens (tertiary/aromatic N) is 2. The van der Waals surface area contributed by atoms with Gasteiger partial charge in [0.1, 0.15) is 5.69 Å². The standard InChI is InChI=1S/C13H16BN3O3/c1-12(2)13(3,4)20-14(19-12)9-7-17-10(11(16)18)5-8(9)6-15/h5,7H,1-4H3,(H2,16,18). The first-order chi connectivity index (χ1) is 9.18. The second-order valence-corrected chi connectivity index (χ2v) is 5.72. The minimum Gasteiger partial charge on any atom is -0.399 e. The summed E-state index contributed by atoms with van der Waals surface area (Å²) >= 11 is 0. The molecule has 0 atom stereocenters. The van der Waals surface area contributed by atoms with Crippen molar-refractivity contribution in [3.8, 4) is 6.07 Å². The number of hydrogen-bond acceptors (Lipinski definition) is 5. The molecule has 0 aromatic carbocycles. The molecular weight excluding hydrogens is 257 g/mol. The van der Waals surface area contributed by atoms with E-state index in [-0.39, 0.29) is 11.3 Å². The van der Waals surface area contributed by atoms with Crippen molar-refractivity contribution in [1.82, 2.24) is 4.98 Å². The monoisotopic (exact) mass is 273 g/mol. The molecule has 0 bridgehead atoms. The second-order valence-electron chi connectivity index (χ2n) is 5.72. The predicted molar refractivity (Wildman–Crippen MR) is 73.2 cm³/mol. The summed E-state index contributed by atoms with van der Waals surface area (Å²) in [6.07, 6.45) is 1.40. The first kappa shape index (κ1) is 14.5. The number of carbonyl (C=O) groups is 1. The average molecular weight is 273 g/mol. The van der Waals surface area contributed by atoms with Crippen LogP contribution in [-0.4, -0.2) is 29.2 Å². The van der Waals surface area contributed by atoms with Gasteiger partial charge in [0.2, 0.25) is 0 Å². The Bertz CT molecular complexity index is 591. The summed E-state index contributed by atoms with van der Waals surface area (Å²) in [6.45, 7) is 7.68. The lowest BCUT2D eigenvalue weighted by molar-refractivity contribution is 0.00578. The van der Waals surface area contributed by atoms with E-state index in [1.165, 1.54) is 12.3 Å². The van der Waals surface area contributed by atoms with Crippen LogP contribution in [0.1, 0.15) is 43.7 Å². The molecule has 1 aliphatic rings. The Morgan fingerprint density at radius 2 is 1.90 bits per heavy atom. The molecule has 7 heteroatoms. The van der Waals surface area contributed by atoms with Crippen LogP contribution < -0.4 is 11.2 Å². The van der Waals surface area contributed by atoms with Gasteiger partial charge in [0.25, 0.3) is 5.91 Å². The number of nitriles is 1. The maximum Gasteiger partial charge on any atom is 0.497 e. The second kappa shape index (κ2) is 4.58. The van der Waals surface area contributed by atoms with Crippen molar-refractivity contribution in [2.24, 2.45) is 5.73 Å². The van der Waals surface area contributed by atoms with Gasteiger partial charge in [0, 0.05) is 11.7 Å². The van der Waals surface area contributed by atoms with E-state index in [1.807, 2.05) is 33.8 Å². The molecule has 1 aliphatic heterocycles. The van der Waals surface area contributed by atoms with Crippen LogP contribution in [-0.2, 0) is 9.31 Å². The highest BCUT2D eigenvalue weighted by atomic mass is 16.7. The largest absolute Gasteiger partial charge is 0.497 e. The number of amides is 1. The molecule has 0 unspecified atom stereocenters. The predicted octanol–water partition coefficient (Wildman–Crippen LogP) is 0.351. The van der Waals surface area contributed by atoms with E-state index in [0.717, 1.165) is 0 Å². The molecule has 1 amide bonds. The normalized spacial score (nSPS) is 19.6. The Balaban J connectivity index is 2.41. The third kappa shape index (κ3) is 2.28. The van der Waals surface area contributed by atoms with Crippen LogP contribution in [0.25, 0.3) is 0 Å². The molecule has 6 nitrogen and oxygen atoms in total. The molecule has 104 valence electrons. The summed E-state index contributed by atoms with van der Waals surface area (Å²) < 4.78 is 11.7. The van der Waals surface area contributed by atoms with Crippen molar-refractivity contribution >= 4 is 18.5 Å². The molecule has 2 heterocycles. The molecular formula is C13H16BN3O3. The van der Waals surface area contributed by atoms with Gasteiger partial charge in [0.15, 0.2) is 0 Å². The topological polar surface area (TPSA) is 98.2 Å². The van der Waals surface area contributed by atoms with Crippen molar-refractivity contribution in [3.63, 3.8) is 0 Å². The van der Waals surface area contributed by atoms with E-state index in [4.69, 9.17) is 15.0 Å². The van der Waals surface area contributed by atoms with Gasteiger partial charge < -0.3 is 15.0 Å². The molecule has 2 rings (SSSR count). The van der Waals surface area contributed by atoms with Crippen LogP contribution in [0.4, 0.5) is 0 Å². The number of pyridine rings is 1. The van der Waals surface area contributed by atoms with E-state index in [0.29, 0.717) is 5.46 Å². The molecule has 0 aliphatic carbocycles. The summed E-state index contributed by atoms with van der Waals surface area (Å²) in [5.41, 5.74) is 4.95. The smallest absolute Gasteiger partial charge is 0.399 e. The van der Waals surface area contributed by atoms with Crippen LogP contribution in [0.2, 0.25) is 0 Å². The van der Waals surface area contributed by atoms with Crippen LogP contribution in [0.5, 0.6) is 0 Å². The molecule has 1 aromatic rings. The average Bonchev–Trinajstić information content (AvgIpc) is 2.57. The van der Waals surface area contributed by atoms with E-state index in [2.05, 4.69) is 4.98 Å². The minimum absolute atomic E-state index is 0.0433. The van der Waals surface area contributed by atoms with Crippen molar-refractivity contribution in [2.75, 3.05) is 0 Å². The number of primary amides is 1. The van der Waals surface area contributed by atoms with Crippen molar-refractivity contribution < 1.29 is 14.1 Å². The van der Waals surface area contributed by atoms with Gasteiger partial charge in [0.05, 0.1) is 22.8 Å². The highest BCUT2D eigenvalue weighted by molar-refractivity contribution is 6.62. The van der Waals surface area contributed by atoms with Gasteiger partial charge in [-0.15, -0.1) is 0 Å². The lowest BCUT2D eigenvalue weighted by Gasteiger charge is -2.32. The van der Waals surface area contributed by atoms with E-state index < -0.39 is 24.2 Å². The number of hydrogen-bond donors (Lipinski definition) is 1. The quantitative estimate of drug-likeness (QED) is 0.784. The Morgan fingerprint density at radius 1 is 1.35 bits per heavy atom. The third-order valence-electron chi connectivity index (χ3n) is 3.81. The first-order valence-corrected chi connectivity index (χ1v) is 6.23. The number of rotatable bonds is 2. The summed E-state index contributed by atoms with van der Waals surface area (Å²) in [5, 5.41) is 9.20. The molecule has 20 heavy (non-hydrogen) atoms. The number of carbonyl (C=O) groups excluding carboxylic acids is 1. The van der Waals surface area contributed by atoms with Gasteiger partial charge in [-0.1, -0.05) is 0 Å². The summed E-state index contributed by atoms with van der Waals surface area (Å²) in [5.74, 6) is -0.679. The number of aromatic nitrogens is 1. The van der Waals surface area contributed by atoms with Crippen molar-refractivity contribution in [3.05, 3.63) is 23.5 Å². The van der Waals surface area contributed by atoms with Crippen LogP contribution in [0.3, 0.4) is 0 Å². The fourth-order valence-electron chi connectivity index (χ4n) is 1.86. The summed E-state index contributed by atoms with van der Waals surface area (Å²) in [4.78, 5) is 15.0. The van der Waals surface area contributed by atoms with Crippen LogP contribution in [0.15, 0.2) is 12.3 Å². The Hall–Kier alpha value is -1.91. The highest BCUT2D eigenvalue weighted by Crippen LogP contribution is 2.36. The summed E-state index contributed by atoms with van der Waals surface area (Å²) in [7, 11) is -0.691. The molecule has 1 aromatic heterocycles. The Labute approximate surface area is 118 Å². The van der Waals surface area contributed by atoms with Gasteiger partial charge in [-0.2, -0.15) is 5.26 Å². The Kier molecular flexibility index (Phi) is 3.32.